The van der Waals surface area contributed by atoms with Crippen LogP contribution >= 0.6 is 23.2 Å². The predicted molar refractivity (Wildman–Crippen MR) is 88.1 cm³/mol. The summed E-state index contributed by atoms with van der Waals surface area (Å²) in [5.41, 5.74) is 2.06. The SMILES string of the molecule is O=[N+]([O-])c1ccc(Nc2ccnc3ccc(Cl)cc23)c(Cl)c1. The van der Waals surface area contributed by atoms with Crippen molar-refractivity contribution in [3.05, 3.63) is 68.8 Å². The van der Waals surface area contributed by atoms with Crippen molar-refractivity contribution in [1.82, 2.24) is 4.98 Å². The van der Waals surface area contributed by atoms with Gasteiger partial charge in [0.1, 0.15) is 0 Å². The minimum Gasteiger partial charge on any atom is -0.354 e. The molecule has 0 saturated heterocycles. The van der Waals surface area contributed by atoms with E-state index in [1.54, 1.807) is 30.5 Å². The lowest BCUT2D eigenvalue weighted by Crippen LogP contribution is -1.95. The molecule has 0 fully saturated rings. The average molecular weight is 334 g/mol. The first kappa shape index (κ1) is 14.6. The highest BCUT2D eigenvalue weighted by molar-refractivity contribution is 6.33. The number of anilines is 2. The van der Waals surface area contributed by atoms with Gasteiger partial charge in [-0.2, -0.15) is 0 Å². The normalized spacial score (nSPS) is 10.6. The van der Waals surface area contributed by atoms with Crippen LogP contribution in [0.3, 0.4) is 0 Å². The molecule has 0 aliphatic carbocycles. The van der Waals surface area contributed by atoms with Crippen molar-refractivity contribution in [2.24, 2.45) is 0 Å². The number of nitrogens with zero attached hydrogens (tertiary/aromatic N) is 2. The van der Waals surface area contributed by atoms with E-state index in [0.717, 1.165) is 16.6 Å². The Bertz CT molecular complexity index is 884. The largest absolute Gasteiger partial charge is 0.354 e. The van der Waals surface area contributed by atoms with Crippen LogP contribution in [0.15, 0.2) is 48.7 Å². The maximum Gasteiger partial charge on any atom is 0.271 e. The molecular formula is C15H9Cl2N3O2. The highest BCUT2D eigenvalue weighted by Gasteiger charge is 2.11. The fraction of sp³-hybridized carbons (Fsp3) is 0. The van der Waals surface area contributed by atoms with E-state index in [-0.39, 0.29) is 10.7 Å². The summed E-state index contributed by atoms with van der Waals surface area (Å²) in [6.07, 6.45) is 1.66. The molecule has 0 atom stereocenters. The van der Waals surface area contributed by atoms with Crippen LogP contribution in [0.5, 0.6) is 0 Å². The number of pyridine rings is 1. The molecule has 0 bridgehead atoms. The molecule has 0 spiro atoms. The summed E-state index contributed by atoms with van der Waals surface area (Å²) in [6.45, 7) is 0. The summed E-state index contributed by atoms with van der Waals surface area (Å²) in [7, 11) is 0. The monoisotopic (exact) mass is 333 g/mol. The predicted octanol–water partition coefficient (Wildman–Crippen LogP) is 5.19. The Hall–Kier alpha value is -2.37. The number of halogens is 2. The van der Waals surface area contributed by atoms with Gasteiger partial charge in [0.05, 0.1) is 21.2 Å². The van der Waals surface area contributed by atoms with Crippen LogP contribution in [0, 0.1) is 10.1 Å². The van der Waals surface area contributed by atoms with Crippen LogP contribution in [0.25, 0.3) is 10.9 Å². The van der Waals surface area contributed by atoms with E-state index in [0.29, 0.717) is 10.7 Å². The summed E-state index contributed by atoms with van der Waals surface area (Å²) in [6, 6.07) is 11.4. The standard InChI is InChI=1S/C15H9Cl2N3O2/c16-9-1-3-13-11(7-9)14(5-6-18-13)19-15-4-2-10(20(21)22)8-12(15)17/h1-8H,(H,18,19). The molecule has 0 radical (unpaired) electrons. The Balaban J connectivity index is 2.03. The first-order valence-corrected chi connectivity index (χ1v) is 7.05. The molecule has 1 aromatic heterocycles. The van der Waals surface area contributed by atoms with E-state index >= 15 is 0 Å². The lowest BCUT2D eigenvalue weighted by molar-refractivity contribution is -0.384. The lowest BCUT2D eigenvalue weighted by atomic mass is 10.2. The van der Waals surface area contributed by atoms with Crippen molar-refractivity contribution >= 4 is 51.2 Å². The third kappa shape index (κ3) is 2.81. The molecule has 7 heteroatoms. The molecule has 22 heavy (non-hydrogen) atoms. The van der Waals surface area contributed by atoms with Gasteiger partial charge in [-0.05, 0) is 30.3 Å². The number of hydrogen-bond acceptors (Lipinski definition) is 4. The van der Waals surface area contributed by atoms with Gasteiger partial charge in [0, 0.05) is 34.4 Å². The summed E-state index contributed by atoms with van der Waals surface area (Å²) in [4.78, 5) is 14.5. The van der Waals surface area contributed by atoms with E-state index in [9.17, 15) is 10.1 Å². The number of hydrogen-bond donors (Lipinski definition) is 1. The van der Waals surface area contributed by atoms with Crippen LogP contribution in [0.1, 0.15) is 0 Å². The van der Waals surface area contributed by atoms with Crippen LogP contribution in [0.2, 0.25) is 10.0 Å². The molecule has 0 saturated carbocycles. The number of aromatic nitrogens is 1. The molecule has 0 aliphatic rings. The zero-order valence-corrected chi connectivity index (χ0v) is 12.6. The second kappa shape index (κ2) is 5.79. The minimum atomic E-state index is -0.489. The molecule has 110 valence electrons. The second-order valence-corrected chi connectivity index (χ2v) is 5.41. The molecule has 2 aromatic carbocycles. The highest BCUT2D eigenvalue weighted by Crippen LogP contribution is 2.32. The molecule has 0 aliphatic heterocycles. The van der Waals surface area contributed by atoms with Crippen molar-refractivity contribution in [2.75, 3.05) is 5.32 Å². The molecule has 0 amide bonds. The summed E-state index contributed by atoms with van der Waals surface area (Å²) in [5, 5.41) is 15.6. The minimum absolute atomic E-state index is 0.0572. The van der Waals surface area contributed by atoms with Crippen molar-refractivity contribution < 1.29 is 4.92 Å². The molecule has 0 unspecified atom stereocenters. The first-order chi connectivity index (χ1) is 10.5. The first-order valence-electron chi connectivity index (χ1n) is 6.30. The lowest BCUT2D eigenvalue weighted by Gasteiger charge is -2.11. The molecule has 3 aromatic rings. The van der Waals surface area contributed by atoms with E-state index < -0.39 is 4.92 Å². The van der Waals surface area contributed by atoms with Crippen LogP contribution in [0.4, 0.5) is 17.1 Å². The Kier molecular flexibility index (Phi) is 3.83. The number of nitro benzene ring substituents is 1. The Labute approximate surface area is 135 Å². The topological polar surface area (TPSA) is 68.1 Å². The second-order valence-electron chi connectivity index (χ2n) is 4.57. The number of fused-ring (bicyclic) bond motifs is 1. The maximum absolute atomic E-state index is 10.7. The van der Waals surface area contributed by atoms with E-state index in [4.69, 9.17) is 23.2 Å². The van der Waals surface area contributed by atoms with Gasteiger partial charge >= 0.3 is 0 Å². The highest BCUT2D eigenvalue weighted by atomic mass is 35.5. The number of nitrogens with one attached hydrogen (secondary N) is 1. The van der Waals surface area contributed by atoms with E-state index in [2.05, 4.69) is 10.3 Å². The van der Waals surface area contributed by atoms with E-state index in [1.807, 2.05) is 6.07 Å². The maximum atomic E-state index is 10.7. The number of nitro groups is 1. The summed E-state index contributed by atoms with van der Waals surface area (Å²) < 4.78 is 0. The third-order valence-corrected chi connectivity index (χ3v) is 3.68. The molecular weight excluding hydrogens is 325 g/mol. The Morgan fingerprint density at radius 1 is 1.05 bits per heavy atom. The Morgan fingerprint density at radius 2 is 1.86 bits per heavy atom. The van der Waals surface area contributed by atoms with Crippen molar-refractivity contribution in [3.63, 3.8) is 0 Å². The quantitative estimate of drug-likeness (QED) is 0.528. The van der Waals surface area contributed by atoms with Gasteiger partial charge in [0.2, 0.25) is 0 Å². The van der Waals surface area contributed by atoms with Gasteiger partial charge in [-0.25, -0.2) is 0 Å². The van der Waals surface area contributed by atoms with Gasteiger partial charge in [-0.1, -0.05) is 23.2 Å². The molecule has 1 N–H and O–H groups in total. The smallest absolute Gasteiger partial charge is 0.271 e. The fourth-order valence-corrected chi connectivity index (χ4v) is 2.49. The van der Waals surface area contributed by atoms with Crippen LogP contribution in [-0.4, -0.2) is 9.91 Å². The summed E-state index contributed by atoms with van der Waals surface area (Å²) >= 11 is 12.1. The molecule has 1 heterocycles. The van der Waals surface area contributed by atoms with Crippen molar-refractivity contribution in [2.45, 2.75) is 0 Å². The number of benzene rings is 2. The van der Waals surface area contributed by atoms with E-state index in [1.165, 1.54) is 12.1 Å². The summed E-state index contributed by atoms with van der Waals surface area (Å²) in [5.74, 6) is 0. The van der Waals surface area contributed by atoms with Gasteiger partial charge < -0.3 is 5.32 Å². The molecule has 3 rings (SSSR count). The zero-order valence-electron chi connectivity index (χ0n) is 11.1. The molecule has 5 nitrogen and oxygen atoms in total. The number of rotatable bonds is 3. The zero-order chi connectivity index (χ0) is 15.7. The van der Waals surface area contributed by atoms with Gasteiger partial charge in [0.25, 0.3) is 5.69 Å². The van der Waals surface area contributed by atoms with Crippen molar-refractivity contribution in [1.29, 1.82) is 0 Å². The van der Waals surface area contributed by atoms with Crippen molar-refractivity contribution in [3.8, 4) is 0 Å². The fourth-order valence-electron chi connectivity index (χ4n) is 2.09. The average Bonchev–Trinajstić information content (AvgIpc) is 2.49. The van der Waals surface area contributed by atoms with Gasteiger partial charge in [0.15, 0.2) is 0 Å². The van der Waals surface area contributed by atoms with Crippen LogP contribution < -0.4 is 5.32 Å². The third-order valence-electron chi connectivity index (χ3n) is 3.14. The van der Waals surface area contributed by atoms with Crippen LogP contribution in [-0.2, 0) is 0 Å². The van der Waals surface area contributed by atoms with Gasteiger partial charge in [-0.15, -0.1) is 0 Å². The Morgan fingerprint density at radius 3 is 2.59 bits per heavy atom. The number of non-ortho nitro benzene ring substituents is 1. The van der Waals surface area contributed by atoms with Gasteiger partial charge in [-0.3, -0.25) is 15.1 Å².